The standard InChI is InChI=1S/C13H16BrNO2S/c1-9(13(16)15-12-5-6-12)18(17)8-10-3-2-4-11(14)7-10/h2-4,7,9,12H,5-6,8H2,1H3,(H,15,16)/t9-,18-/m1/s1. The second-order valence-electron chi connectivity index (χ2n) is 4.58. The highest BCUT2D eigenvalue weighted by molar-refractivity contribution is 9.10. The normalized spacial score (nSPS) is 18.1. The van der Waals surface area contributed by atoms with Crippen molar-refractivity contribution in [2.24, 2.45) is 0 Å². The van der Waals surface area contributed by atoms with Crippen molar-refractivity contribution in [1.29, 1.82) is 0 Å². The molecule has 0 radical (unpaired) electrons. The van der Waals surface area contributed by atoms with Crippen molar-refractivity contribution < 1.29 is 9.00 Å². The van der Waals surface area contributed by atoms with Gasteiger partial charge in [-0.3, -0.25) is 9.00 Å². The molecule has 1 N–H and O–H groups in total. The third-order valence-electron chi connectivity index (χ3n) is 2.89. The second kappa shape index (κ2) is 5.97. The largest absolute Gasteiger partial charge is 0.352 e. The quantitative estimate of drug-likeness (QED) is 0.901. The SMILES string of the molecule is C[C@H](C(=O)NC1CC1)[S@](=O)Cc1cccc(Br)c1. The number of halogens is 1. The van der Waals surface area contributed by atoms with Gasteiger partial charge in [-0.1, -0.05) is 28.1 Å². The molecule has 0 aliphatic heterocycles. The van der Waals surface area contributed by atoms with E-state index in [9.17, 15) is 9.00 Å². The van der Waals surface area contributed by atoms with E-state index in [2.05, 4.69) is 21.2 Å². The van der Waals surface area contributed by atoms with Crippen molar-refractivity contribution >= 4 is 32.6 Å². The van der Waals surface area contributed by atoms with Gasteiger partial charge < -0.3 is 5.32 Å². The summed E-state index contributed by atoms with van der Waals surface area (Å²) in [6.07, 6.45) is 2.10. The molecule has 1 fully saturated rings. The Morgan fingerprint density at radius 3 is 2.89 bits per heavy atom. The van der Waals surface area contributed by atoms with Crippen molar-refractivity contribution in [3.8, 4) is 0 Å². The molecular formula is C13H16BrNO2S. The molecule has 0 aromatic heterocycles. The number of hydrogen-bond donors (Lipinski definition) is 1. The molecule has 1 aromatic carbocycles. The van der Waals surface area contributed by atoms with Crippen LogP contribution in [0.15, 0.2) is 28.7 Å². The van der Waals surface area contributed by atoms with Crippen LogP contribution in [0.25, 0.3) is 0 Å². The minimum absolute atomic E-state index is 0.0918. The zero-order valence-corrected chi connectivity index (χ0v) is 12.6. The fraction of sp³-hybridized carbons (Fsp3) is 0.462. The lowest BCUT2D eigenvalue weighted by Gasteiger charge is -2.11. The first kappa shape index (κ1) is 13.7. The molecule has 2 atom stereocenters. The number of amides is 1. The predicted molar refractivity (Wildman–Crippen MR) is 76.6 cm³/mol. The smallest absolute Gasteiger partial charge is 0.235 e. The molecule has 18 heavy (non-hydrogen) atoms. The molecule has 0 saturated heterocycles. The number of nitrogens with one attached hydrogen (secondary N) is 1. The van der Waals surface area contributed by atoms with Crippen molar-refractivity contribution in [3.05, 3.63) is 34.3 Å². The summed E-state index contributed by atoms with van der Waals surface area (Å²) >= 11 is 3.38. The molecule has 1 aromatic rings. The van der Waals surface area contributed by atoms with Crippen LogP contribution < -0.4 is 5.32 Å². The van der Waals surface area contributed by atoms with Crippen LogP contribution in [0.1, 0.15) is 25.3 Å². The van der Waals surface area contributed by atoms with E-state index < -0.39 is 16.0 Å². The van der Waals surface area contributed by atoms with E-state index in [-0.39, 0.29) is 5.91 Å². The maximum Gasteiger partial charge on any atom is 0.235 e. The molecule has 1 aliphatic carbocycles. The Bertz CT molecular complexity index is 474. The first-order valence-electron chi connectivity index (χ1n) is 5.98. The van der Waals surface area contributed by atoms with E-state index in [0.29, 0.717) is 11.8 Å². The maximum atomic E-state index is 12.1. The van der Waals surface area contributed by atoms with Crippen LogP contribution >= 0.6 is 15.9 Å². The van der Waals surface area contributed by atoms with Gasteiger partial charge in [0.15, 0.2) is 0 Å². The molecule has 0 bridgehead atoms. The fourth-order valence-electron chi connectivity index (χ4n) is 1.58. The summed E-state index contributed by atoms with van der Waals surface area (Å²) in [5.74, 6) is 0.324. The number of benzene rings is 1. The number of rotatable bonds is 5. The predicted octanol–water partition coefficient (Wildman–Crippen LogP) is 2.36. The summed E-state index contributed by atoms with van der Waals surface area (Å²) in [6, 6.07) is 8.02. The molecule has 2 rings (SSSR count). The minimum atomic E-state index is -1.18. The third kappa shape index (κ3) is 3.92. The van der Waals surface area contributed by atoms with Crippen molar-refractivity contribution in [1.82, 2.24) is 5.32 Å². The first-order chi connectivity index (χ1) is 8.56. The molecule has 0 unspecified atom stereocenters. The van der Waals surface area contributed by atoms with Crippen LogP contribution in [0.5, 0.6) is 0 Å². The molecular weight excluding hydrogens is 314 g/mol. The fourth-order valence-corrected chi connectivity index (χ4v) is 3.09. The summed E-state index contributed by atoms with van der Waals surface area (Å²) in [4.78, 5) is 11.8. The monoisotopic (exact) mass is 329 g/mol. The van der Waals surface area contributed by atoms with Crippen molar-refractivity contribution in [3.63, 3.8) is 0 Å². The van der Waals surface area contributed by atoms with Gasteiger partial charge in [-0.05, 0) is 37.5 Å². The Labute approximate surface area is 118 Å². The molecule has 1 amide bonds. The zero-order valence-electron chi connectivity index (χ0n) is 10.2. The first-order valence-corrected chi connectivity index (χ1v) is 8.16. The van der Waals surface area contributed by atoms with Gasteiger partial charge in [0, 0.05) is 27.1 Å². The summed E-state index contributed by atoms with van der Waals surface area (Å²) in [7, 11) is -1.18. The summed E-state index contributed by atoms with van der Waals surface area (Å²) < 4.78 is 13.1. The van der Waals surface area contributed by atoms with E-state index in [4.69, 9.17) is 0 Å². The van der Waals surface area contributed by atoms with Crippen LogP contribution in [0.2, 0.25) is 0 Å². The Kier molecular flexibility index (Phi) is 4.56. The maximum absolute atomic E-state index is 12.1. The Balaban J connectivity index is 1.91. The van der Waals surface area contributed by atoms with Gasteiger partial charge in [-0.2, -0.15) is 0 Å². The molecule has 0 heterocycles. The zero-order chi connectivity index (χ0) is 13.1. The number of hydrogen-bond acceptors (Lipinski definition) is 2. The average Bonchev–Trinajstić information content (AvgIpc) is 3.11. The van der Waals surface area contributed by atoms with Gasteiger partial charge in [-0.25, -0.2) is 0 Å². The lowest BCUT2D eigenvalue weighted by atomic mass is 10.2. The van der Waals surface area contributed by atoms with Gasteiger partial charge in [0.1, 0.15) is 5.25 Å². The number of carbonyl (C=O) groups is 1. The molecule has 1 aliphatic rings. The van der Waals surface area contributed by atoms with E-state index >= 15 is 0 Å². The van der Waals surface area contributed by atoms with Gasteiger partial charge in [0.25, 0.3) is 0 Å². The van der Waals surface area contributed by atoms with Crippen LogP contribution in [-0.4, -0.2) is 21.4 Å². The van der Waals surface area contributed by atoms with E-state index in [1.54, 1.807) is 6.92 Å². The van der Waals surface area contributed by atoms with Gasteiger partial charge in [0.05, 0.1) is 0 Å². The highest BCUT2D eigenvalue weighted by atomic mass is 79.9. The van der Waals surface area contributed by atoms with Crippen LogP contribution in [-0.2, 0) is 21.3 Å². The minimum Gasteiger partial charge on any atom is -0.352 e. The topological polar surface area (TPSA) is 46.2 Å². The highest BCUT2D eigenvalue weighted by Crippen LogP contribution is 2.19. The summed E-state index contributed by atoms with van der Waals surface area (Å²) in [5, 5.41) is 2.44. The van der Waals surface area contributed by atoms with Gasteiger partial charge >= 0.3 is 0 Å². The molecule has 0 spiro atoms. The lowest BCUT2D eigenvalue weighted by molar-refractivity contribution is -0.120. The van der Waals surface area contributed by atoms with E-state index in [1.165, 1.54) is 0 Å². The summed E-state index contributed by atoms with van der Waals surface area (Å²) in [6.45, 7) is 1.73. The molecule has 3 nitrogen and oxygen atoms in total. The van der Waals surface area contributed by atoms with Crippen LogP contribution in [0.4, 0.5) is 0 Å². The Morgan fingerprint density at radius 2 is 2.28 bits per heavy atom. The van der Waals surface area contributed by atoms with Gasteiger partial charge in [0.2, 0.25) is 5.91 Å². The Morgan fingerprint density at radius 1 is 1.56 bits per heavy atom. The third-order valence-corrected chi connectivity index (χ3v) is 5.00. The molecule has 5 heteroatoms. The molecule has 1 saturated carbocycles. The van der Waals surface area contributed by atoms with Crippen molar-refractivity contribution in [2.45, 2.75) is 36.8 Å². The summed E-state index contributed by atoms with van der Waals surface area (Å²) in [5.41, 5.74) is 0.980. The average molecular weight is 330 g/mol. The highest BCUT2D eigenvalue weighted by Gasteiger charge is 2.27. The molecule has 98 valence electrons. The van der Waals surface area contributed by atoms with Crippen molar-refractivity contribution in [2.75, 3.05) is 0 Å². The van der Waals surface area contributed by atoms with E-state index in [0.717, 1.165) is 22.9 Å². The number of carbonyl (C=O) groups excluding carboxylic acids is 1. The Hall–Kier alpha value is -0.680. The van der Waals surface area contributed by atoms with Gasteiger partial charge in [-0.15, -0.1) is 0 Å². The second-order valence-corrected chi connectivity index (χ2v) is 7.25. The van der Waals surface area contributed by atoms with Crippen LogP contribution in [0, 0.1) is 0 Å². The van der Waals surface area contributed by atoms with Crippen LogP contribution in [0.3, 0.4) is 0 Å². The lowest BCUT2D eigenvalue weighted by Crippen LogP contribution is -2.37. The van der Waals surface area contributed by atoms with E-state index in [1.807, 2.05) is 24.3 Å².